The van der Waals surface area contributed by atoms with Crippen LogP contribution in [-0.2, 0) is 4.74 Å². The number of carbonyl (C=O) groups excluding carboxylic acids is 1. The summed E-state index contributed by atoms with van der Waals surface area (Å²) in [5, 5.41) is 3.53. The summed E-state index contributed by atoms with van der Waals surface area (Å²) in [6.45, 7) is 8.25. The van der Waals surface area contributed by atoms with Crippen molar-refractivity contribution in [3.05, 3.63) is 0 Å². The average Bonchev–Trinajstić information content (AvgIpc) is 2.56. The van der Waals surface area contributed by atoms with E-state index in [0.29, 0.717) is 30.0 Å². The van der Waals surface area contributed by atoms with Crippen molar-refractivity contribution in [3.63, 3.8) is 0 Å². The van der Waals surface area contributed by atoms with Crippen LogP contribution < -0.4 is 11.1 Å². The summed E-state index contributed by atoms with van der Waals surface area (Å²) in [4.78, 5) is 10.5. The van der Waals surface area contributed by atoms with E-state index < -0.39 is 6.09 Å². The zero-order valence-corrected chi connectivity index (χ0v) is 11.1. The number of nitrogens with one attached hydrogen (secondary N) is 1. The topological polar surface area (TPSA) is 64.3 Å². The summed E-state index contributed by atoms with van der Waals surface area (Å²) in [6, 6.07) is 0.549. The first kappa shape index (κ1) is 12.7. The first-order valence-electron chi connectivity index (χ1n) is 6.53. The molecule has 3 unspecified atom stereocenters. The lowest BCUT2D eigenvalue weighted by Gasteiger charge is -2.39. The molecule has 2 rings (SSSR count). The van der Waals surface area contributed by atoms with Crippen LogP contribution in [0.25, 0.3) is 0 Å². The van der Waals surface area contributed by atoms with Gasteiger partial charge in [0.1, 0.15) is 6.61 Å². The number of hydrogen-bond donors (Lipinski definition) is 2. The van der Waals surface area contributed by atoms with Gasteiger partial charge in [-0.2, -0.15) is 0 Å². The van der Waals surface area contributed by atoms with Crippen LogP contribution >= 0.6 is 0 Å². The summed E-state index contributed by atoms with van der Waals surface area (Å²) in [6.07, 6.45) is 3.23. The predicted molar refractivity (Wildman–Crippen MR) is 66.6 cm³/mol. The molecule has 2 aliphatic carbocycles. The molecule has 0 saturated heterocycles. The molecule has 0 heterocycles. The number of amides is 1. The van der Waals surface area contributed by atoms with E-state index >= 15 is 0 Å². The van der Waals surface area contributed by atoms with Crippen molar-refractivity contribution in [2.24, 2.45) is 22.5 Å². The van der Waals surface area contributed by atoms with Crippen molar-refractivity contribution in [3.8, 4) is 0 Å². The van der Waals surface area contributed by atoms with Gasteiger partial charge in [0.15, 0.2) is 0 Å². The number of ether oxygens (including phenoxy) is 1. The SMILES string of the molecule is CC1(C)C2CCC1(C)C(NCCOC(N)=O)C2. The number of rotatable bonds is 4. The molecule has 2 fully saturated rings. The fraction of sp³-hybridized carbons (Fsp3) is 0.923. The molecule has 4 nitrogen and oxygen atoms in total. The molecule has 0 aromatic rings. The maximum absolute atomic E-state index is 10.5. The van der Waals surface area contributed by atoms with Gasteiger partial charge in [0.2, 0.25) is 0 Å². The molecule has 4 heteroatoms. The van der Waals surface area contributed by atoms with Crippen LogP contribution in [0.5, 0.6) is 0 Å². The molecule has 17 heavy (non-hydrogen) atoms. The van der Waals surface area contributed by atoms with Crippen LogP contribution in [0.4, 0.5) is 4.79 Å². The van der Waals surface area contributed by atoms with Gasteiger partial charge in [-0.15, -0.1) is 0 Å². The maximum Gasteiger partial charge on any atom is 0.404 e. The third-order valence-corrected chi connectivity index (χ3v) is 5.53. The van der Waals surface area contributed by atoms with E-state index in [1.165, 1.54) is 19.3 Å². The molecule has 0 aromatic heterocycles. The third-order valence-electron chi connectivity index (χ3n) is 5.53. The van der Waals surface area contributed by atoms with E-state index in [9.17, 15) is 4.79 Å². The lowest BCUT2D eigenvalue weighted by molar-refractivity contribution is 0.114. The first-order valence-corrected chi connectivity index (χ1v) is 6.53. The summed E-state index contributed by atoms with van der Waals surface area (Å²) in [7, 11) is 0. The lowest BCUT2D eigenvalue weighted by atomic mass is 9.69. The van der Waals surface area contributed by atoms with Gasteiger partial charge >= 0.3 is 6.09 Å². The first-order chi connectivity index (χ1) is 7.88. The van der Waals surface area contributed by atoms with E-state index in [2.05, 4.69) is 26.1 Å². The molecular formula is C13H24N2O2. The van der Waals surface area contributed by atoms with Gasteiger partial charge in [0.05, 0.1) is 0 Å². The third kappa shape index (κ3) is 1.92. The molecule has 98 valence electrons. The molecule has 3 N–H and O–H groups in total. The van der Waals surface area contributed by atoms with Crippen molar-refractivity contribution < 1.29 is 9.53 Å². The van der Waals surface area contributed by atoms with Crippen LogP contribution in [0.2, 0.25) is 0 Å². The minimum atomic E-state index is -0.689. The number of carbonyl (C=O) groups is 1. The lowest BCUT2D eigenvalue weighted by Crippen LogP contribution is -2.45. The number of nitrogens with two attached hydrogens (primary N) is 1. The summed E-state index contributed by atoms with van der Waals surface area (Å²) in [5.74, 6) is 0.835. The van der Waals surface area contributed by atoms with Crippen molar-refractivity contribution in [1.29, 1.82) is 0 Å². The molecule has 0 radical (unpaired) electrons. The Morgan fingerprint density at radius 2 is 2.18 bits per heavy atom. The Labute approximate surface area is 103 Å². The Balaban J connectivity index is 1.86. The van der Waals surface area contributed by atoms with Crippen LogP contribution in [0.3, 0.4) is 0 Å². The summed E-state index contributed by atoms with van der Waals surface area (Å²) in [5.41, 5.74) is 5.73. The van der Waals surface area contributed by atoms with Crippen molar-refractivity contribution in [2.45, 2.75) is 46.1 Å². The van der Waals surface area contributed by atoms with Gasteiger partial charge in [-0.1, -0.05) is 20.8 Å². The maximum atomic E-state index is 10.5. The fourth-order valence-corrected chi connectivity index (χ4v) is 3.90. The molecule has 0 aliphatic heterocycles. The summed E-state index contributed by atoms with van der Waals surface area (Å²) < 4.78 is 4.74. The highest BCUT2D eigenvalue weighted by Gasteiger charge is 2.60. The highest BCUT2D eigenvalue weighted by Crippen LogP contribution is 2.65. The fourth-order valence-electron chi connectivity index (χ4n) is 3.90. The zero-order chi connectivity index (χ0) is 12.7. The van der Waals surface area contributed by atoms with Crippen molar-refractivity contribution in [1.82, 2.24) is 5.32 Å². The van der Waals surface area contributed by atoms with Crippen LogP contribution in [0, 0.1) is 16.7 Å². The Morgan fingerprint density at radius 1 is 1.47 bits per heavy atom. The normalized spacial score (nSPS) is 38.3. The van der Waals surface area contributed by atoms with Crippen molar-refractivity contribution >= 4 is 6.09 Å². The second-order valence-corrected chi connectivity index (χ2v) is 6.28. The van der Waals surface area contributed by atoms with E-state index in [0.717, 1.165) is 5.92 Å². The van der Waals surface area contributed by atoms with Gasteiger partial charge in [0, 0.05) is 12.6 Å². The van der Waals surface area contributed by atoms with E-state index in [-0.39, 0.29) is 0 Å². The molecule has 2 saturated carbocycles. The Kier molecular flexibility index (Phi) is 3.10. The molecule has 1 amide bonds. The van der Waals surface area contributed by atoms with Gasteiger partial charge in [-0.3, -0.25) is 0 Å². The van der Waals surface area contributed by atoms with E-state index in [1.54, 1.807) is 0 Å². The molecule has 0 aromatic carbocycles. The standard InChI is InChI=1S/C13H24N2O2/c1-12(2)9-4-5-13(12,3)10(8-9)15-6-7-17-11(14)16/h9-10,15H,4-8H2,1-3H3,(H2,14,16). The Bertz CT molecular complexity index is 317. The summed E-state index contributed by atoms with van der Waals surface area (Å²) >= 11 is 0. The van der Waals surface area contributed by atoms with Gasteiger partial charge < -0.3 is 15.8 Å². The average molecular weight is 240 g/mol. The van der Waals surface area contributed by atoms with E-state index in [1.807, 2.05) is 0 Å². The van der Waals surface area contributed by atoms with Crippen LogP contribution in [0.1, 0.15) is 40.0 Å². The largest absolute Gasteiger partial charge is 0.448 e. The van der Waals surface area contributed by atoms with Crippen LogP contribution in [-0.4, -0.2) is 25.3 Å². The molecule has 3 atom stereocenters. The smallest absolute Gasteiger partial charge is 0.404 e. The second-order valence-electron chi connectivity index (χ2n) is 6.28. The highest BCUT2D eigenvalue weighted by atomic mass is 16.5. The molecular weight excluding hydrogens is 216 g/mol. The second kappa shape index (κ2) is 4.16. The monoisotopic (exact) mass is 240 g/mol. The molecule has 0 spiro atoms. The highest BCUT2D eigenvalue weighted by molar-refractivity contribution is 5.64. The van der Waals surface area contributed by atoms with Crippen LogP contribution in [0.15, 0.2) is 0 Å². The molecule has 2 bridgehead atoms. The number of fused-ring (bicyclic) bond motifs is 2. The Hall–Kier alpha value is -0.770. The zero-order valence-electron chi connectivity index (χ0n) is 11.1. The predicted octanol–water partition coefficient (Wildman–Crippen LogP) is 1.89. The number of hydrogen-bond acceptors (Lipinski definition) is 3. The number of primary amides is 1. The van der Waals surface area contributed by atoms with Gasteiger partial charge in [0.25, 0.3) is 0 Å². The van der Waals surface area contributed by atoms with E-state index in [4.69, 9.17) is 10.5 Å². The minimum Gasteiger partial charge on any atom is -0.448 e. The van der Waals surface area contributed by atoms with Crippen molar-refractivity contribution in [2.75, 3.05) is 13.2 Å². The molecule has 2 aliphatic rings. The van der Waals surface area contributed by atoms with Gasteiger partial charge in [-0.05, 0) is 36.0 Å². The Morgan fingerprint density at radius 3 is 2.65 bits per heavy atom. The van der Waals surface area contributed by atoms with Gasteiger partial charge in [-0.25, -0.2) is 4.79 Å². The quantitative estimate of drug-likeness (QED) is 0.737. The minimum absolute atomic E-state index is 0.368.